The molecule has 0 saturated heterocycles. The molecule has 0 radical (unpaired) electrons. The number of fused-ring (bicyclic) bond motifs is 1. The molecular weight excluding hydrogens is 354 g/mol. The van der Waals surface area contributed by atoms with Crippen molar-refractivity contribution in [2.45, 2.75) is 0 Å². The van der Waals surface area contributed by atoms with E-state index in [0.717, 1.165) is 22.1 Å². The highest BCUT2D eigenvalue weighted by Crippen LogP contribution is 2.39. The van der Waals surface area contributed by atoms with Gasteiger partial charge >= 0.3 is 5.97 Å². The third-order valence-electron chi connectivity index (χ3n) is 3.15. The Labute approximate surface area is 133 Å². The molecule has 1 heterocycles. The highest BCUT2D eigenvalue weighted by molar-refractivity contribution is 9.11. The zero-order chi connectivity index (χ0) is 15.0. The molecule has 0 saturated carbocycles. The second-order valence-corrected chi connectivity index (χ2v) is 6.59. The second-order valence-electron chi connectivity index (χ2n) is 4.31. The second kappa shape index (κ2) is 5.46. The minimum Gasteiger partial charge on any atom is -0.496 e. The number of carboxylic acids is 1. The topological polar surface area (TPSA) is 59.4 Å². The zero-order valence-corrected chi connectivity index (χ0v) is 13.4. The van der Waals surface area contributed by atoms with Crippen molar-refractivity contribution in [3.63, 3.8) is 0 Å². The van der Waals surface area contributed by atoms with Gasteiger partial charge in [0.15, 0.2) is 9.61 Å². The summed E-state index contributed by atoms with van der Waals surface area (Å²) in [4.78, 5) is 16.0. The summed E-state index contributed by atoms with van der Waals surface area (Å²) in [7, 11) is 1.62. The van der Waals surface area contributed by atoms with Gasteiger partial charge in [-0.25, -0.2) is 9.78 Å². The molecule has 6 heteroatoms. The maximum absolute atomic E-state index is 11.4. The summed E-state index contributed by atoms with van der Waals surface area (Å²) < 4.78 is 5.91. The zero-order valence-electron chi connectivity index (χ0n) is 11.0. The molecule has 0 amide bonds. The minimum absolute atomic E-state index is 0.0576. The molecule has 3 aromatic rings. The van der Waals surface area contributed by atoms with E-state index in [4.69, 9.17) is 4.74 Å². The Morgan fingerprint density at radius 2 is 1.95 bits per heavy atom. The molecule has 3 rings (SSSR count). The molecule has 0 aliphatic carbocycles. The lowest BCUT2D eigenvalue weighted by atomic mass is 10.0. The van der Waals surface area contributed by atoms with Crippen LogP contribution in [0, 0.1) is 0 Å². The van der Waals surface area contributed by atoms with Crippen LogP contribution in [0.15, 0.2) is 40.3 Å². The van der Waals surface area contributed by atoms with Crippen molar-refractivity contribution in [1.29, 1.82) is 0 Å². The molecule has 21 heavy (non-hydrogen) atoms. The van der Waals surface area contributed by atoms with Crippen molar-refractivity contribution in [3.8, 4) is 16.2 Å². The van der Waals surface area contributed by atoms with Crippen molar-refractivity contribution in [2.24, 2.45) is 0 Å². The number of aromatic nitrogens is 1. The van der Waals surface area contributed by atoms with Crippen molar-refractivity contribution < 1.29 is 14.6 Å². The molecule has 0 atom stereocenters. The maximum atomic E-state index is 11.4. The van der Waals surface area contributed by atoms with Gasteiger partial charge in [0.05, 0.1) is 12.0 Å². The maximum Gasteiger partial charge on any atom is 0.356 e. The lowest BCUT2D eigenvalue weighted by Gasteiger charge is -2.09. The van der Waals surface area contributed by atoms with Crippen LogP contribution in [0.4, 0.5) is 0 Å². The SMILES string of the molecule is COc1ccc(-c2sc(Br)nc2C(=O)O)c2ccccc12. The molecule has 0 spiro atoms. The van der Waals surface area contributed by atoms with Gasteiger partial charge in [-0.3, -0.25) is 0 Å². The van der Waals surface area contributed by atoms with Crippen LogP contribution in [0.3, 0.4) is 0 Å². The van der Waals surface area contributed by atoms with Crippen molar-refractivity contribution >= 4 is 44.0 Å². The molecule has 106 valence electrons. The van der Waals surface area contributed by atoms with Gasteiger partial charge in [-0.05, 0) is 33.4 Å². The average molecular weight is 364 g/mol. The van der Waals surface area contributed by atoms with E-state index in [1.165, 1.54) is 11.3 Å². The van der Waals surface area contributed by atoms with Crippen molar-refractivity contribution in [2.75, 3.05) is 7.11 Å². The number of hydrogen-bond donors (Lipinski definition) is 1. The Balaban J connectivity index is 2.34. The number of aromatic carboxylic acids is 1. The first kappa shape index (κ1) is 14.0. The predicted molar refractivity (Wildman–Crippen MR) is 86.3 cm³/mol. The van der Waals surface area contributed by atoms with Crippen LogP contribution in [0.2, 0.25) is 0 Å². The number of halogens is 1. The van der Waals surface area contributed by atoms with Gasteiger partial charge in [0.2, 0.25) is 0 Å². The lowest BCUT2D eigenvalue weighted by Crippen LogP contribution is -1.99. The Bertz CT molecular complexity index is 844. The monoisotopic (exact) mass is 363 g/mol. The van der Waals surface area contributed by atoms with Crippen LogP contribution in [0.1, 0.15) is 10.5 Å². The van der Waals surface area contributed by atoms with Gasteiger partial charge in [-0.2, -0.15) is 0 Å². The number of nitrogens with zero attached hydrogens (tertiary/aromatic N) is 1. The van der Waals surface area contributed by atoms with E-state index in [0.29, 0.717) is 8.79 Å². The summed E-state index contributed by atoms with van der Waals surface area (Å²) in [6, 6.07) is 11.5. The quantitative estimate of drug-likeness (QED) is 0.747. The molecule has 0 fully saturated rings. The van der Waals surface area contributed by atoms with Crippen LogP contribution in [0.5, 0.6) is 5.75 Å². The molecule has 1 N–H and O–H groups in total. The predicted octanol–water partition coefficient (Wildman–Crippen LogP) is 4.43. The fourth-order valence-corrected chi connectivity index (χ4v) is 3.75. The van der Waals surface area contributed by atoms with Gasteiger partial charge in [0.1, 0.15) is 5.75 Å². The normalized spacial score (nSPS) is 10.8. The van der Waals surface area contributed by atoms with E-state index < -0.39 is 5.97 Å². The number of methoxy groups -OCH3 is 1. The standard InChI is InChI=1S/C15H10BrNO3S/c1-20-11-7-6-10(8-4-2-3-5-9(8)11)13-12(14(18)19)17-15(16)21-13/h2-7H,1H3,(H,18,19). The van der Waals surface area contributed by atoms with Crippen LogP contribution >= 0.6 is 27.3 Å². The number of carbonyl (C=O) groups is 1. The average Bonchev–Trinajstić information content (AvgIpc) is 2.88. The molecule has 2 aromatic carbocycles. The smallest absolute Gasteiger partial charge is 0.356 e. The first-order chi connectivity index (χ1) is 10.1. The number of benzene rings is 2. The van der Waals surface area contributed by atoms with Crippen molar-refractivity contribution in [3.05, 3.63) is 46.0 Å². The number of thiazole rings is 1. The third-order valence-corrected chi connectivity index (χ3v) is 4.69. The van der Waals surface area contributed by atoms with E-state index >= 15 is 0 Å². The van der Waals surface area contributed by atoms with Gasteiger partial charge in [0.25, 0.3) is 0 Å². The first-order valence-corrected chi connectivity index (χ1v) is 7.68. The number of ether oxygens (including phenoxy) is 1. The summed E-state index contributed by atoms with van der Waals surface area (Å²) in [6.45, 7) is 0. The van der Waals surface area contributed by atoms with Crippen LogP contribution < -0.4 is 4.74 Å². The molecule has 0 aliphatic rings. The largest absolute Gasteiger partial charge is 0.496 e. The van der Waals surface area contributed by atoms with Crippen LogP contribution in [-0.2, 0) is 0 Å². The molecule has 0 unspecified atom stereocenters. The van der Waals surface area contributed by atoms with E-state index in [1.54, 1.807) is 7.11 Å². The van der Waals surface area contributed by atoms with Crippen LogP contribution in [-0.4, -0.2) is 23.2 Å². The van der Waals surface area contributed by atoms with Crippen molar-refractivity contribution in [1.82, 2.24) is 4.98 Å². The first-order valence-electron chi connectivity index (χ1n) is 6.07. The number of carboxylic acid groups (broad SMARTS) is 1. The minimum atomic E-state index is -1.04. The number of rotatable bonds is 3. The number of hydrogen-bond acceptors (Lipinski definition) is 4. The molecule has 1 aromatic heterocycles. The summed E-state index contributed by atoms with van der Waals surface area (Å²) in [5.41, 5.74) is 0.897. The summed E-state index contributed by atoms with van der Waals surface area (Å²) in [5, 5.41) is 11.2. The fraction of sp³-hybridized carbons (Fsp3) is 0.0667. The van der Waals surface area contributed by atoms with E-state index in [1.807, 2.05) is 36.4 Å². The molecule has 0 bridgehead atoms. The summed E-state index contributed by atoms with van der Waals surface area (Å²) in [6.07, 6.45) is 0. The highest BCUT2D eigenvalue weighted by atomic mass is 79.9. The third kappa shape index (κ3) is 2.41. The van der Waals surface area contributed by atoms with Crippen LogP contribution in [0.25, 0.3) is 21.2 Å². The Morgan fingerprint density at radius 3 is 2.62 bits per heavy atom. The Hall–Kier alpha value is -1.92. The van der Waals surface area contributed by atoms with E-state index in [2.05, 4.69) is 20.9 Å². The van der Waals surface area contributed by atoms with Gasteiger partial charge < -0.3 is 9.84 Å². The molecular formula is C15H10BrNO3S. The Morgan fingerprint density at radius 1 is 1.24 bits per heavy atom. The highest BCUT2D eigenvalue weighted by Gasteiger charge is 2.20. The Kier molecular flexibility index (Phi) is 3.65. The van der Waals surface area contributed by atoms with Gasteiger partial charge in [0, 0.05) is 10.9 Å². The summed E-state index contributed by atoms with van der Waals surface area (Å²) >= 11 is 4.57. The molecule has 4 nitrogen and oxygen atoms in total. The fourth-order valence-electron chi connectivity index (χ4n) is 2.27. The van der Waals surface area contributed by atoms with Gasteiger partial charge in [-0.1, -0.05) is 24.3 Å². The van der Waals surface area contributed by atoms with E-state index in [9.17, 15) is 9.90 Å². The molecule has 0 aliphatic heterocycles. The lowest BCUT2D eigenvalue weighted by molar-refractivity contribution is 0.0692. The summed E-state index contributed by atoms with van der Waals surface area (Å²) in [5.74, 6) is -0.276. The van der Waals surface area contributed by atoms with Gasteiger partial charge in [-0.15, -0.1) is 11.3 Å². The van der Waals surface area contributed by atoms with E-state index in [-0.39, 0.29) is 5.69 Å².